The lowest BCUT2D eigenvalue weighted by Gasteiger charge is -2.29. The second-order valence-corrected chi connectivity index (χ2v) is 5.73. The molecule has 0 spiro atoms. The number of carbonyl (C=O) groups is 1. The molecular weight excluding hydrogens is 264 g/mol. The molecule has 1 saturated carbocycles. The van der Waals surface area contributed by atoms with Crippen LogP contribution in [0.4, 0.5) is 5.69 Å². The van der Waals surface area contributed by atoms with Crippen molar-refractivity contribution in [3.8, 4) is 5.75 Å². The van der Waals surface area contributed by atoms with Gasteiger partial charge in [0.25, 0.3) is 0 Å². The number of carbonyl (C=O) groups excluding carboxylic acids is 1. The van der Waals surface area contributed by atoms with Crippen LogP contribution < -0.4 is 15.4 Å². The zero-order chi connectivity index (χ0) is 15.1. The summed E-state index contributed by atoms with van der Waals surface area (Å²) in [6, 6.07) is 8.01. The predicted molar refractivity (Wildman–Crippen MR) is 85.7 cm³/mol. The van der Waals surface area contributed by atoms with Gasteiger partial charge >= 0.3 is 0 Å². The Morgan fingerprint density at radius 3 is 2.81 bits per heavy atom. The molecular formula is C17H26N2O2. The van der Waals surface area contributed by atoms with Gasteiger partial charge in [0.05, 0.1) is 18.8 Å². The van der Waals surface area contributed by atoms with E-state index in [2.05, 4.69) is 17.6 Å². The number of hydrogen-bond acceptors (Lipinski definition) is 3. The molecule has 2 N–H and O–H groups in total. The molecule has 116 valence electrons. The van der Waals surface area contributed by atoms with Crippen molar-refractivity contribution in [2.75, 3.05) is 18.5 Å². The number of nitrogens with one attached hydrogen (secondary N) is 2. The first-order valence-electron chi connectivity index (χ1n) is 7.95. The Bertz CT molecular complexity index is 462. The minimum Gasteiger partial charge on any atom is -0.492 e. The average Bonchev–Trinajstić information content (AvgIpc) is 2.49. The molecule has 1 aromatic rings. The first-order chi connectivity index (χ1) is 10.2. The van der Waals surface area contributed by atoms with Gasteiger partial charge in [-0.1, -0.05) is 31.9 Å². The summed E-state index contributed by atoms with van der Waals surface area (Å²) < 4.78 is 5.51. The normalized spacial score (nSPS) is 21.8. The largest absolute Gasteiger partial charge is 0.492 e. The van der Waals surface area contributed by atoms with E-state index in [1.807, 2.05) is 31.2 Å². The van der Waals surface area contributed by atoms with Crippen LogP contribution in [0, 0.1) is 5.92 Å². The van der Waals surface area contributed by atoms with Crippen LogP contribution in [-0.2, 0) is 4.79 Å². The van der Waals surface area contributed by atoms with Gasteiger partial charge < -0.3 is 15.4 Å². The summed E-state index contributed by atoms with van der Waals surface area (Å²) in [5, 5.41) is 6.31. The third-order valence-corrected chi connectivity index (χ3v) is 4.10. The van der Waals surface area contributed by atoms with E-state index in [1.54, 1.807) is 0 Å². The molecule has 0 unspecified atom stereocenters. The van der Waals surface area contributed by atoms with Crippen LogP contribution in [0.3, 0.4) is 0 Å². The lowest BCUT2D eigenvalue weighted by molar-refractivity contribution is -0.115. The van der Waals surface area contributed by atoms with Crippen molar-refractivity contribution in [3.05, 3.63) is 24.3 Å². The molecule has 1 aliphatic rings. The van der Waals surface area contributed by atoms with Crippen LogP contribution in [0.1, 0.15) is 39.5 Å². The van der Waals surface area contributed by atoms with E-state index >= 15 is 0 Å². The fourth-order valence-corrected chi connectivity index (χ4v) is 2.89. The summed E-state index contributed by atoms with van der Waals surface area (Å²) in [5.74, 6) is 1.36. The SMILES string of the molecule is CCOc1ccccc1NC(=O)CN[C@@H]1CCCC[C@@H]1C. The highest BCUT2D eigenvalue weighted by molar-refractivity contribution is 5.93. The fraction of sp³-hybridized carbons (Fsp3) is 0.588. The molecule has 2 rings (SSSR count). The topological polar surface area (TPSA) is 50.4 Å². The molecule has 1 aliphatic carbocycles. The summed E-state index contributed by atoms with van der Waals surface area (Å²) >= 11 is 0. The third kappa shape index (κ3) is 4.74. The van der Waals surface area contributed by atoms with E-state index in [-0.39, 0.29) is 5.91 Å². The molecule has 21 heavy (non-hydrogen) atoms. The molecule has 1 aromatic carbocycles. The Labute approximate surface area is 127 Å². The molecule has 2 atom stereocenters. The summed E-state index contributed by atoms with van der Waals surface area (Å²) in [5.41, 5.74) is 0.739. The highest BCUT2D eigenvalue weighted by atomic mass is 16.5. The molecule has 1 fully saturated rings. The number of amides is 1. The van der Waals surface area contributed by atoms with Crippen LogP contribution in [0.2, 0.25) is 0 Å². The van der Waals surface area contributed by atoms with Crippen molar-refractivity contribution < 1.29 is 9.53 Å². The van der Waals surface area contributed by atoms with Crippen molar-refractivity contribution in [2.45, 2.75) is 45.6 Å². The van der Waals surface area contributed by atoms with Gasteiger partial charge in [0, 0.05) is 6.04 Å². The molecule has 4 heteroatoms. The Morgan fingerprint density at radius 2 is 2.05 bits per heavy atom. The number of ether oxygens (including phenoxy) is 1. The number of benzene rings is 1. The standard InChI is InChI=1S/C17H26N2O2/c1-3-21-16-11-7-6-10-15(16)19-17(20)12-18-14-9-5-4-8-13(14)2/h6-7,10-11,13-14,18H,3-5,8-9,12H2,1-2H3,(H,19,20)/t13-,14+/m0/s1. The minimum absolute atomic E-state index is 0.0140. The Morgan fingerprint density at radius 1 is 1.29 bits per heavy atom. The van der Waals surface area contributed by atoms with Crippen molar-refractivity contribution in [2.24, 2.45) is 5.92 Å². The van der Waals surface area contributed by atoms with E-state index in [0.717, 1.165) is 11.4 Å². The molecule has 1 amide bonds. The van der Waals surface area contributed by atoms with Gasteiger partial charge in [-0.2, -0.15) is 0 Å². The van der Waals surface area contributed by atoms with Crippen molar-refractivity contribution in [1.82, 2.24) is 5.32 Å². The molecule has 0 heterocycles. The third-order valence-electron chi connectivity index (χ3n) is 4.10. The summed E-state index contributed by atoms with van der Waals surface area (Å²) in [4.78, 5) is 12.1. The number of rotatable bonds is 6. The number of anilines is 1. The van der Waals surface area contributed by atoms with E-state index < -0.39 is 0 Å². The fourth-order valence-electron chi connectivity index (χ4n) is 2.89. The second-order valence-electron chi connectivity index (χ2n) is 5.73. The van der Waals surface area contributed by atoms with Gasteiger partial charge in [-0.3, -0.25) is 4.79 Å². The molecule has 0 aliphatic heterocycles. The van der Waals surface area contributed by atoms with Gasteiger partial charge in [0.15, 0.2) is 0 Å². The number of hydrogen-bond donors (Lipinski definition) is 2. The van der Waals surface area contributed by atoms with Crippen LogP contribution in [0.15, 0.2) is 24.3 Å². The molecule has 0 saturated heterocycles. The summed E-state index contributed by atoms with van der Waals surface area (Å²) in [7, 11) is 0. The van der Waals surface area contributed by atoms with Gasteiger partial charge in [0.1, 0.15) is 5.75 Å². The first-order valence-corrected chi connectivity index (χ1v) is 7.95. The van der Waals surface area contributed by atoms with E-state index in [9.17, 15) is 4.79 Å². The Hall–Kier alpha value is -1.55. The second kappa shape index (κ2) is 8.03. The smallest absolute Gasteiger partial charge is 0.238 e. The van der Waals surface area contributed by atoms with E-state index in [0.29, 0.717) is 25.1 Å². The van der Waals surface area contributed by atoms with Crippen LogP contribution in [-0.4, -0.2) is 25.1 Å². The van der Waals surface area contributed by atoms with Gasteiger partial charge in [0.2, 0.25) is 5.91 Å². The summed E-state index contributed by atoms with van der Waals surface area (Å²) in [6.45, 7) is 5.14. The highest BCUT2D eigenvalue weighted by Gasteiger charge is 2.21. The van der Waals surface area contributed by atoms with Crippen LogP contribution >= 0.6 is 0 Å². The monoisotopic (exact) mass is 290 g/mol. The lowest BCUT2D eigenvalue weighted by Crippen LogP contribution is -2.41. The zero-order valence-corrected chi connectivity index (χ0v) is 13.0. The number of para-hydroxylation sites is 2. The first kappa shape index (κ1) is 15.8. The lowest BCUT2D eigenvalue weighted by atomic mass is 9.86. The van der Waals surface area contributed by atoms with Crippen molar-refractivity contribution in [3.63, 3.8) is 0 Å². The minimum atomic E-state index is -0.0140. The van der Waals surface area contributed by atoms with E-state index in [4.69, 9.17) is 4.74 Å². The van der Waals surface area contributed by atoms with Gasteiger partial charge in [-0.25, -0.2) is 0 Å². The van der Waals surface area contributed by atoms with Gasteiger partial charge in [-0.15, -0.1) is 0 Å². The maximum Gasteiger partial charge on any atom is 0.238 e. The Kier molecular flexibility index (Phi) is 6.05. The molecule has 0 bridgehead atoms. The van der Waals surface area contributed by atoms with E-state index in [1.165, 1.54) is 25.7 Å². The van der Waals surface area contributed by atoms with Crippen molar-refractivity contribution in [1.29, 1.82) is 0 Å². The molecule has 4 nitrogen and oxygen atoms in total. The molecule has 0 radical (unpaired) electrons. The maximum absolute atomic E-state index is 12.1. The zero-order valence-electron chi connectivity index (χ0n) is 13.0. The summed E-state index contributed by atoms with van der Waals surface area (Å²) in [6.07, 6.45) is 5.00. The van der Waals surface area contributed by atoms with Crippen LogP contribution in [0.5, 0.6) is 5.75 Å². The average molecular weight is 290 g/mol. The predicted octanol–water partition coefficient (Wildman–Crippen LogP) is 3.19. The van der Waals surface area contributed by atoms with Gasteiger partial charge in [-0.05, 0) is 37.8 Å². The molecule has 0 aromatic heterocycles. The Balaban J connectivity index is 1.84. The maximum atomic E-state index is 12.1. The van der Waals surface area contributed by atoms with Crippen molar-refractivity contribution >= 4 is 11.6 Å². The van der Waals surface area contributed by atoms with Crippen LogP contribution in [0.25, 0.3) is 0 Å². The quantitative estimate of drug-likeness (QED) is 0.846. The highest BCUT2D eigenvalue weighted by Crippen LogP contribution is 2.24.